The SMILES string of the molecule is CN(C)c1cccc2c(S(=O)(=O)CCCOP(=O)(OCCO)OCCCCCCN=C(N)N)cccc12.CN(C)c1cccc2c(S(=O)(=O)CCCOP(=O)(OCCO)OCCCCCCN=C(NC(=O)OC(C)(C)C)NC(=O)OC(C)(C)C)cccc12.ClCCl.[HH].[HH]. The molecule has 26 nitrogen and oxygen atoms in total. The molecule has 2 atom stereocenters. The van der Waals surface area contributed by atoms with E-state index in [1.807, 2.05) is 74.4 Å². The van der Waals surface area contributed by atoms with Gasteiger partial charge in [0.2, 0.25) is 5.96 Å². The number of aliphatic hydroxyl groups excluding tert-OH is 2. The zero-order valence-corrected chi connectivity index (χ0v) is 59.0. The second-order valence-corrected chi connectivity index (χ2v) is 30.8. The number of amides is 2. The summed E-state index contributed by atoms with van der Waals surface area (Å²) in [5, 5.41) is 26.2. The number of nitrogens with one attached hydrogen (secondary N) is 2. The molecule has 4 aromatic rings. The molecule has 0 aromatic heterocycles. The summed E-state index contributed by atoms with van der Waals surface area (Å²) < 4.78 is 121. The molecule has 8 N–H and O–H groups in total. The first kappa shape index (κ1) is 82.2. The molecule has 0 spiro atoms. The molecule has 0 radical (unpaired) electrons. The number of anilines is 2. The van der Waals surface area contributed by atoms with E-state index < -0.39 is 65.3 Å². The van der Waals surface area contributed by atoms with Gasteiger partial charge >= 0.3 is 27.8 Å². The fourth-order valence-corrected chi connectivity index (χ4v) is 13.8. The van der Waals surface area contributed by atoms with Gasteiger partial charge in [-0.2, -0.15) is 0 Å². The number of nitrogens with zero attached hydrogens (tertiary/aromatic N) is 4. The molecule has 0 aliphatic carbocycles. The monoisotopic (exact) mass is 1400 g/mol. The van der Waals surface area contributed by atoms with Crippen molar-refractivity contribution in [1.82, 2.24) is 10.6 Å². The lowest BCUT2D eigenvalue weighted by Crippen LogP contribution is -2.47. The largest absolute Gasteiger partial charge is 0.474 e. The zero-order valence-electron chi connectivity index (χ0n) is 54.0. The molecular weight excluding hydrogens is 1310 g/mol. The van der Waals surface area contributed by atoms with Gasteiger partial charge in [0, 0.05) is 77.1 Å². The molecule has 0 aliphatic heterocycles. The predicted octanol–water partition coefficient (Wildman–Crippen LogP) is 11.2. The molecule has 0 fully saturated rings. The number of hydrogen-bond donors (Lipinski definition) is 6. The summed E-state index contributed by atoms with van der Waals surface area (Å²) in [7, 11) is -7.75. The number of aliphatic imine (C=N–C) groups is 2. The summed E-state index contributed by atoms with van der Waals surface area (Å²) in [6.45, 7) is 9.60. The Labute approximate surface area is 550 Å². The predicted molar refractivity (Wildman–Crippen MR) is 364 cm³/mol. The number of rotatable bonds is 36. The summed E-state index contributed by atoms with van der Waals surface area (Å²) in [4.78, 5) is 37.0. The van der Waals surface area contributed by atoms with E-state index in [1.54, 1.807) is 77.9 Å². The van der Waals surface area contributed by atoms with E-state index in [9.17, 15) is 40.7 Å². The number of carbonyl (C=O) groups excluding carboxylic acids is 2. The van der Waals surface area contributed by atoms with Crippen LogP contribution in [0.3, 0.4) is 0 Å². The minimum Gasteiger partial charge on any atom is -0.444 e. The van der Waals surface area contributed by atoms with Gasteiger partial charge in [-0.25, -0.2) is 35.6 Å². The van der Waals surface area contributed by atoms with Crippen LogP contribution in [0, 0.1) is 0 Å². The van der Waals surface area contributed by atoms with Crippen molar-refractivity contribution >= 4 is 116 Å². The topological polar surface area (TPSA) is 358 Å². The van der Waals surface area contributed by atoms with Gasteiger partial charge in [0.1, 0.15) is 11.2 Å². The van der Waals surface area contributed by atoms with Crippen molar-refractivity contribution in [3.63, 3.8) is 0 Å². The zero-order chi connectivity index (χ0) is 68.3. The van der Waals surface area contributed by atoms with Crippen molar-refractivity contribution < 1.29 is 85.2 Å². The fraction of sp³-hybridized carbons (Fsp3) is 0.593. The first-order valence-corrected chi connectivity index (χ1v) is 36.9. The summed E-state index contributed by atoms with van der Waals surface area (Å²) in [6, 6.07) is 21.4. The van der Waals surface area contributed by atoms with Gasteiger partial charge in [0.15, 0.2) is 25.6 Å². The number of nitrogens with two attached hydrogens (primary N) is 2. The maximum Gasteiger partial charge on any atom is 0.474 e. The van der Waals surface area contributed by atoms with Crippen LogP contribution in [0.25, 0.3) is 21.5 Å². The van der Waals surface area contributed by atoms with Gasteiger partial charge in [-0.1, -0.05) is 74.2 Å². The van der Waals surface area contributed by atoms with E-state index in [1.165, 1.54) is 0 Å². The number of phosphoric acid groups is 2. The average molecular weight is 1410 g/mol. The molecule has 520 valence electrons. The number of unbranched alkanes of at least 4 members (excludes halogenated alkanes) is 6. The van der Waals surface area contributed by atoms with Gasteiger partial charge in [-0.15, -0.1) is 23.2 Å². The smallest absolute Gasteiger partial charge is 0.444 e. The number of alkyl carbamates (subject to hydrolysis) is 2. The lowest BCUT2D eigenvalue weighted by molar-refractivity contribution is 0.0543. The van der Waals surface area contributed by atoms with Gasteiger partial charge in [0.05, 0.1) is 79.5 Å². The number of alkyl halides is 2. The van der Waals surface area contributed by atoms with Crippen LogP contribution < -0.4 is 31.9 Å². The Kier molecular flexibility index (Phi) is 37.7. The van der Waals surface area contributed by atoms with Gasteiger partial charge in [0.25, 0.3) is 0 Å². The number of hydrogen-bond acceptors (Lipinski definition) is 22. The molecule has 0 heterocycles. The Morgan fingerprint density at radius 1 is 0.516 bits per heavy atom. The van der Waals surface area contributed by atoms with E-state index in [0.717, 1.165) is 41.4 Å². The fourth-order valence-electron chi connectivity index (χ4n) is 8.25. The molecule has 2 amide bonds. The number of sulfone groups is 2. The number of phosphoric ester groups is 2. The number of aliphatic hydroxyl groups is 2. The summed E-state index contributed by atoms with van der Waals surface area (Å²) >= 11 is 9.53. The molecule has 0 bridgehead atoms. The van der Waals surface area contributed by atoms with E-state index >= 15 is 0 Å². The van der Waals surface area contributed by atoms with Gasteiger partial charge in [-0.05, 0) is 104 Å². The van der Waals surface area contributed by atoms with Crippen LogP contribution in [0.4, 0.5) is 21.0 Å². The number of carbonyl (C=O) groups is 2. The van der Waals surface area contributed by atoms with Crippen LogP contribution in [0.15, 0.2) is 92.6 Å². The highest BCUT2D eigenvalue weighted by Crippen LogP contribution is 2.50. The Morgan fingerprint density at radius 3 is 1.18 bits per heavy atom. The highest BCUT2D eigenvalue weighted by molar-refractivity contribution is 7.92. The van der Waals surface area contributed by atoms with E-state index in [0.29, 0.717) is 49.4 Å². The van der Waals surface area contributed by atoms with Crippen molar-refractivity contribution in [1.29, 1.82) is 0 Å². The quantitative estimate of drug-likeness (QED) is 0.00810. The number of benzene rings is 4. The first-order valence-electron chi connectivity index (χ1n) is 29.6. The highest BCUT2D eigenvalue weighted by Gasteiger charge is 2.29. The normalized spacial score (nSPS) is 13.1. The van der Waals surface area contributed by atoms with Crippen molar-refractivity contribution in [2.75, 3.05) is 121 Å². The van der Waals surface area contributed by atoms with Crippen LogP contribution in [-0.4, -0.2) is 173 Å². The average Bonchev–Trinajstić information content (AvgIpc) is 0.863. The maximum atomic E-state index is 13.3. The third-order valence-corrected chi connectivity index (χ3v) is 18.8. The van der Waals surface area contributed by atoms with Crippen LogP contribution in [0.5, 0.6) is 0 Å². The molecule has 4 rings (SSSR count). The van der Waals surface area contributed by atoms with Crippen LogP contribution in [-0.2, 0) is 65.4 Å². The van der Waals surface area contributed by atoms with Crippen molar-refractivity contribution in [2.45, 2.75) is 127 Å². The Bertz CT molecular complexity index is 3220. The number of guanidine groups is 2. The molecule has 0 aliphatic rings. The second kappa shape index (κ2) is 41.7. The van der Waals surface area contributed by atoms with Crippen molar-refractivity contribution in [3.8, 4) is 0 Å². The number of halogens is 2. The lowest BCUT2D eigenvalue weighted by Gasteiger charge is -2.22. The number of ether oxygens (including phenoxy) is 2. The van der Waals surface area contributed by atoms with E-state index in [2.05, 4.69) is 20.6 Å². The molecule has 0 saturated heterocycles. The summed E-state index contributed by atoms with van der Waals surface area (Å²) in [6.07, 6.45) is 4.08. The molecule has 2 unspecified atom stereocenters. The van der Waals surface area contributed by atoms with Crippen molar-refractivity contribution in [3.05, 3.63) is 72.8 Å². The molecule has 0 saturated carbocycles. The summed E-state index contributed by atoms with van der Waals surface area (Å²) in [5.41, 5.74) is 10.9. The minimum absolute atomic E-state index is 0. The van der Waals surface area contributed by atoms with Crippen molar-refractivity contribution in [2.24, 2.45) is 21.5 Å². The Balaban J connectivity index is 0.00000178. The second-order valence-electron chi connectivity index (χ2n) is 22.5. The molecule has 4 aromatic carbocycles. The standard InChI is InChI=1S/C34H55N4O11PS.C24H39N4O7PS.CH2Cl2.2H2/c1-33(2,3)48-31(40)36-30(37-32(41)49-34(4,5)6)35-20-11-9-10-12-22-45-50(42,47-24-21-39)46-23-15-25-51(43,44)29-19-14-16-26-27(29)17-13-18-28(26)38(7)8;1-28(2)22-12-7-11-21-20(22)10-8-13-23(21)37(31,32)19-9-17-34-36(30,35-18-15-29)33-16-6-4-3-5-14-27-24(25)26;2-1-3;;/h13-14,16-19,39H,9-12,15,20-25H2,1-8H3,(H2,35,36,37,40,41);7-8,10-13,29H,3-6,9,14-19H2,1-2H3,(H4,25,26,27);1H2;2*1H. The minimum atomic E-state index is -4.07. The van der Waals surface area contributed by atoms with E-state index in [-0.39, 0.29) is 107 Å². The number of fused-ring (bicyclic) bond motifs is 2. The third kappa shape index (κ3) is 33.2. The lowest BCUT2D eigenvalue weighted by atomic mass is 10.1. The Hall–Kier alpha value is -4.90. The molecule has 91 heavy (non-hydrogen) atoms. The van der Waals surface area contributed by atoms with Crippen LogP contribution in [0.1, 0.15) is 109 Å². The Morgan fingerprint density at radius 2 is 0.835 bits per heavy atom. The third-order valence-electron chi connectivity index (χ3n) is 12.1. The first-order chi connectivity index (χ1) is 42.8. The maximum absolute atomic E-state index is 13.3. The molecule has 32 heteroatoms. The van der Waals surface area contributed by atoms with Gasteiger partial charge < -0.3 is 41.0 Å². The van der Waals surface area contributed by atoms with E-state index in [4.69, 9.17) is 76.4 Å². The van der Waals surface area contributed by atoms with Crippen LogP contribution in [0.2, 0.25) is 0 Å². The molecular formula is C59H100Cl2N8O18P2S2. The highest BCUT2D eigenvalue weighted by atomic mass is 35.5. The van der Waals surface area contributed by atoms with Crippen LogP contribution >= 0.6 is 38.8 Å². The summed E-state index contributed by atoms with van der Waals surface area (Å²) in [5.74, 6) is -0.493. The van der Waals surface area contributed by atoms with Gasteiger partial charge in [-0.3, -0.25) is 47.8 Å².